The van der Waals surface area contributed by atoms with E-state index in [1.807, 2.05) is 54.7 Å². The zero-order valence-corrected chi connectivity index (χ0v) is 18.0. The van der Waals surface area contributed by atoms with E-state index < -0.39 is 0 Å². The van der Waals surface area contributed by atoms with E-state index in [2.05, 4.69) is 43.1 Å². The highest BCUT2D eigenvalue weighted by Crippen LogP contribution is 2.25. The molecule has 0 spiro atoms. The first kappa shape index (κ1) is 21.6. The molecule has 0 saturated heterocycles. The molecule has 0 aliphatic carbocycles. The first-order valence-corrected chi connectivity index (χ1v) is 10.9. The Morgan fingerprint density at radius 3 is 1.60 bits per heavy atom. The Balaban J connectivity index is 1.56. The van der Waals surface area contributed by atoms with Gasteiger partial charge in [0.05, 0.1) is 18.9 Å². The summed E-state index contributed by atoms with van der Waals surface area (Å²) in [5.41, 5.74) is 4.33. The third-order valence-corrected chi connectivity index (χ3v) is 4.83. The van der Waals surface area contributed by atoms with E-state index in [0.717, 1.165) is 61.6 Å². The molecule has 0 amide bonds. The second kappa shape index (κ2) is 11.8. The number of benzene rings is 3. The molecule has 3 nitrogen and oxygen atoms in total. The van der Waals surface area contributed by atoms with Gasteiger partial charge < -0.3 is 9.47 Å². The molecule has 0 atom stereocenters. The van der Waals surface area contributed by atoms with Crippen LogP contribution in [0, 0.1) is 0 Å². The maximum Gasteiger partial charge on any atom is 0.119 e. The van der Waals surface area contributed by atoms with Crippen LogP contribution in [0.5, 0.6) is 11.5 Å². The van der Waals surface area contributed by atoms with Gasteiger partial charge in [0.25, 0.3) is 0 Å². The Morgan fingerprint density at radius 1 is 0.633 bits per heavy atom. The van der Waals surface area contributed by atoms with Crippen LogP contribution < -0.4 is 9.47 Å². The molecule has 3 rings (SSSR count). The monoisotopic (exact) mass is 401 g/mol. The maximum absolute atomic E-state index is 5.74. The van der Waals surface area contributed by atoms with Crippen molar-refractivity contribution in [1.82, 2.24) is 0 Å². The van der Waals surface area contributed by atoms with E-state index >= 15 is 0 Å². The highest BCUT2D eigenvalue weighted by Gasteiger charge is 2.00. The minimum Gasteiger partial charge on any atom is -0.494 e. The molecule has 0 heterocycles. The Kier molecular flexibility index (Phi) is 8.52. The number of rotatable bonds is 11. The predicted molar refractivity (Wildman–Crippen MR) is 126 cm³/mol. The van der Waals surface area contributed by atoms with E-state index in [1.54, 1.807) is 0 Å². The lowest BCUT2D eigenvalue weighted by Gasteiger charge is -2.07. The Hall–Kier alpha value is -3.07. The summed E-state index contributed by atoms with van der Waals surface area (Å²) in [6, 6.07) is 24.6. The number of aliphatic imine (C=N–C) groups is 1. The summed E-state index contributed by atoms with van der Waals surface area (Å²) in [6.07, 6.45) is 6.33. The lowest BCUT2D eigenvalue weighted by Crippen LogP contribution is -1.96. The highest BCUT2D eigenvalue weighted by molar-refractivity contribution is 5.82. The van der Waals surface area contributed by atoms with Crippen LogP contribution in [-0.4, -0.2) is 19.4 Å². The number of unbranched alkanes of at least 4 members (excludes halogenated alkanes) is 2. The van der Waals surface area contributed by atoms with Crippen LogP contribution >= 0.6 is 0 Å². The van der Waals surface area contributed by atoms with Crippen LogP contribution in [0.1, 0.15) is 45.1 Å². The maximum atomic E-state index is 5.74. The van der Waals surface area contributed by atoms with Gasteiger partial charge >= 0.3 is 0 Å². The normalized spacial score (nSPS) is 11.0. The molecule has 0 unspecified atom stereocenters. The van der Waals surface area contributed by atoms with Gasteiger partial charge in [-0.3, -0.25) is 4.99 Å². The SMILES string of the molecule is CCCCOc1ccc(C=Nc2ccc(-c3ccc(OCCCC)cc3)cc2)cc1. The molecular formula is C27H31NO2. The molecule has 0 fully saturated rings. The smallest absolute Gasteiger partial charge is 0.119 e. The van der Waals surface area contributed by atoms with Gasteiger partial charge in [-0.15, -0.1) is 0 Å². The van der Waals surface area contributed by atoms with Crippen molar-refractivity contribution in [2.24, 2.45) is 4.99 Å². The number of hydrogen-bond acceptors (Lipinski definition) is 3. The highest BCUT2D eigenvalue weighted by atomic mass is 16.5. The van der Waals surface area contributed by atoms with Gasteiger partial charge in [0.15, 0.2) is 0 Å². The van der Waals surface area contributed by atoms with Crippen molar-refractivity contribution in [3.05, 3.63) is 78.4 Å². The van der Waals surface area contributed by atoms with Crippen molar-refractivity contribution >= 4 is 11.9 Å². The van der Waals surface area contributed by atoms with Crippen molar-refractivity contribution in [1.29, 1.82) is 0 Å². The zero-order valence-electron chi connectivity index (χ0n) is 18.0. The lowest BCUT2D eigenvalue weighted by atomic mass is 10.1. The molecule has 0 saturated carbocycles. The molecule has 0 aliphatic heterocycles. The second-order valence-corrected chi connectivity index (χ2v) is 7.30. The molecule has 156 valence electrons. The van der Waals surface area contributed by atoms with Crippen molar-refractivity contribution in [3.63, 3.8) is 0 Å². The fraction of sp³-hybridized carbons (Fsp3) is 0.296. The minimum atomic E-state index is 0.769. The van der Waals surface area contributed by atoms with E-state index in [4.69, 9.17) is 9.47 Å². The predicted octanol–water partition coefficient (Wildman–Crippen LogP) is 7.46. The van der Waals surface area contributed by atoms with Gasteiger partial charge in [0.1, 0.15) is 11.5 Å². The molecule has 3 heteroatoms. The van der Waals surface area contributed by atoms with Crippen LogP contribution in [-0.2, 0) is 0 Å². The summed E-state index contributed by atoms with van der Waals surface area (Å²) in [6.45, 7) is 5.87. The van der Waals surface area contributed by atoms with Gasteiger partial charge in [-0.05, 0) is 78.1 Å². The Morgan fingerprint density at radius 2 is 1.10 bits per heavy atom. The summed E-state index contributed by atoms with van der Waals surface area (Å²) in [7, 11) is 0. The molecule has 3 aromatic carbocycles. The van der Waals surface area contributed by atoms with E-state index in [1.165, 1.54) is 11.1 Å². The molecule has 0 N–H and O–H groups in total. The van der Waals surface area contributed by atoms with Crippen molar-refractivity contribution in [2.45, 2.75) is 39.5 Å². The van der Waals surface area contributed by atoms with E-state index in [0.29, 0.717) is 0 Å². The second-order valence-electron chi connectivity index (χ2n) is 7.30. The van der Waals surface area contributed by atoms with Crippen LogP contribution in [0.25, 0.3) is 11.1 Å². The van der Waals surface area contributed by atoms with Crippen LogP contribution in [0.4, 0.5) is 5.69 Å². The molecular weight excluding hydrogens is 370 g/mol. The number of hydrogen-bond donors (Lipinski definition) is 0. The standard InChI is InChI=1S/C27H31NO2/c1-3-5-19-29-26-15-7-22(8-16-26)21-28-25-13-9-23(10-14-25)24-11-17-27(18-12-24)30-20-6-4-2/h7-18,21H,3-6,19-20H2,1-2H3. The van der Waals surface area contributed by atoms with Gasteiger partial charge in [0.2, 0.25) is 0 Å². The average molecular weight is 402 g/mol. The number of nitrogens with zero attached hydrogens (tertiary/aromatic N) is 1. The summed E-state index contributed by atoms with van der Waals surface area (Å²) in [5.74, 6) is 1.84. The van der Waals surface area contributed by atoms with E-state index in [9.17, 15) is 0 Å². The fourth-order valence-electron chi connectivity index (χ4n) is 2.95. The third-order valence-electron chi connectivity index (χ3n) is 4.83. The molecule has 30 heavy (non-hydrogen) atoms. The molecule has 0 radical (unpaired) electrons. The van der Waals surface area contributed by atoms with Gasteiger partial charge in [-0.2, -0.15) is 0 Å². The lowest BCUT2D eigenvalue weighted by molar-refractivity contribution is 0.309. The summed E-state index contributed by atoms with van der Waals surface area (Å²) < 4.78 is 11.4. The fourth-order valence-corrected chi connectivity index (χ4v) is 2.95. The van der Waals surface area contributed by atoms with Crippen molar-refractivity contribution < 1.29 is 9.47 Å². The summed E-state index contributed by atoms with van der Waals surface area (Å²) >= 11 is 0. The van der Waals surface area contributed by atoms with E-state index in [-0.39, 0.29) is 0 Å². The van der Waals surface area contributed by atoms with Crippen molar-refractivity contribution in [3.8, 4) is 22.6 Å². The van der Waals surface area contributed by atoms with Crippen LogP contribution in [0.2, 0.25) is 0 Å². The molecule has 0 aliphatic rings. The topological polar surface area (TPSA) is 30.8 Å². The van der Waals surface area contributed by atoms with Gasteiger partial charge in [-0.25, -0.2) is 0 Å². The molecule has 0 bridgehead atoms. The first-order chi connectivity index (χ1) is 14.8. The quantitative estimate of drug-likeness (QED) is 0.246. The van der Waals surface area contributed by atoms with Gasteiger partial charge in [0, 0.05) is 6.21 Å². The summed E-state index contributed by atoms with van der Waals surface area (Å²) in [4.78, 5) is 4.59. The van der Waals surface area contributed by atoms with Crippen LogP contribution in [0.15, 0.2) is 77.8 Å². The minimum absolute atomic E-state index is 0.769. The zero-order chi connectivity index (χ0) is 21.0. The first-order valence-electron chi connectivity index (χ1n) is 10.9. The molecule has 3 aromatic rings. The average Bonchev–Trinajstić information content (AvgIpc) is 2.80. The Bertz CT molecular complexity index is 897. The molecule has 0 aromatic heterocycles. The summed E-state index contributed by atoms with van der Waals surface area (Å²) in [5, 5.41) is 0. The van der Waals surface area contributed by atoms with Gasteiger partial charge in [-0.1, -0.05) is 51.0 Å². The largest absolute Gasteiger partial charge is 0.494 e. The van der Waals surface area contributed by atoms with Crippen LogP contribution in [0.3, 0.4) is 0 Å². The number of ether oxygens (including phenoxy) is 2. The third kappa shape index (κ3) is 6.77. The van der Waals surface area contributed by atoms with Crippen molar-refractivity contribution in [2.75, 3.05) is 13.2 Å². The Labute approximate surface area is 180 Å².